The number of carbonyl (C=O) groups is 1. The maximum Gasteiger partial charge on any atom is 0.224 e. The van der Waals surface area contributed by atoms with Crippen LogP contribution >= 0.6 is 27.5 Å². The minimum absolute atomic E-state index is 0.0269. The van der Waals surface area contributed by atoms with Gasteiger partial charge in [0.2, 0.25) is 5.91 Å². The molecule has 0 bridgehead atoms. The summed E-state index contributed by atoms with van der Waals surface area (Å²) in [6.07, 6.45) is 4.50. The summed E-state index contributed by atoms with van der Waals surface area (Å²) in [5.41, 5.74) is 0.667. The van der Waals surface area contributed by atoms with Gasteiger partial charge in [-0.05, 0) is 59.8 Å². The first-order valence-corrected chi connectivity index (χ1v) is 8.05. The van der Waals surface area contributed by atoms with Crippen LogP contribution in [0, 0.1) is 11.8 Å². The zero-order chi connectivity index (χ0) is 14.5. The smallest absolute Gasteiger partial charge is 0.224 e. The second kappa shape index (κ2) is 7.38. The van der Waals surface area contributed by atoms with Gasteiger partial charge in [-0.25, -0.2) is 4.98 Å². The van der Waals surface area contributed by atoms with Crippen LogP contribution in [0.15, 0.2) is 16.7 Å². The molecule has 0 aromatic carbocycles. The van der Waals surface area contributed by atoms with Crippen LogP contribution in [0.5, 0.6) is 0 Å². The summed E-state index contributed by atoms with van der Waals surface area (Å²) in [6.45, 7) is 4.26. The van der Waals surface area contributed by atoms with E-state index in [-0.39, 0.29) is 5.91 Å². The molecule has 1 saturated heterocycles. The summed E-state index contributed by atoms with van der Waals surface area (Å²) < 4.78 is 0.682. The van der Waals surface area contributed by atoms with Crippen molar-refractivity contribution in [3.8, 4) is 0 Å². The molecule has 2 heterocycles. The molecular formula is C14H19BrClN3O. The Morgan fingerprint density at radius 3 is 3.15 bits per heavy atom. The van der Waals surface area contributed by atoms with E-state index in [0.717, 1.165) is 13.1 Å². The van der Waals surface area contributed by atoms with Gasteiger partial charge in [-0.1, -0.05) is 18.5 Å². The SMILES string of the molecule is CC(CC(=O)Nc1cnc(Cl)c(Br)c1)C1CCCNC1. The van der Waals surface area contributed by atoms with Crippen LogP contribution < -0.4 is 10.6 Å². The Morgan fingerprint density at radius 2 is 2.50 bits per heavy atom. The van der Waals surface area contributed by atoms with E-state index < -0.39 is 0 Å². The molecule has 1 fully saturated rings. The van der Waals surface area contributed by atoms with E-state index in [9.17, 15) is 4.79 Å². The van der Waals surface area contributed by atoms with Gasteiger partial charge in [-0.2, -0.15) is 0 Å². The average Bonchev–Trinajstić information content (AvgIpc) is 2.44. The van der Waals surface area contributed by atoms with Gasteiger partial charge in [-0.3, -0.25) is 4.79 Å². The van der Waals surface area contributed by atoms with Crippen LogP contribution in [0.2, 0.25) is 5.15 Å². The van der Waals surface area contributed by atoms with E-state index in [2.05, 4.69) is 38.5 Å². The van der Waals surface area contributed by atoms with Crippen molar-refractivity contribution in [2.24, 2.45) is 11.8 Å². The lowest BCUT2D eigenvalue weighted by Crippen LogP contribution is -2.34. The standard InChI is InChI=1S/C14H19BrClN3O/c1-9(10-3-2-4-17-7-10)5-13(20)19-11-6-12(15)14(16)18-8-11/h6,8-10,17H,2-5,7H2,1H3,(H,19,20). The Bertz CT molecular complexity index is 477. The fourth-order valence-electron chi connectivity index (χ4n) is 2.53. The maximum atomic E-state index is 12.1. The topological polar surface area (TPSA) is 54.0 Å². The number of carbonyl (C=O) groups excluding carboxylic acids is 1. The third kappa shape index (κ3) is 4.43. The second-order valence-corrected chi connectivity index (χ2v) is 6.54. The first kappa shape index (κ1) is 15.7. The highest BCUT2D eigenvalue weighted by atomic mass is 79.9. The van der Waals surface area contributed by atoms with Crippen LogP contribution in [0.1, 0.15) is 26.2 Å². The number of hydrogen-bond acceptors (Lipinski definition) is 3. The zero-order valence-corrected chi connectivity index (χ0v) is 13.8. The van der Waals surface area contributed by atoms with Crippen molar-refractivity contribution < 1.29 is 4.79 Å². The summed E-state index contributed by atoms with van der Waals surface area (Å²) in [7, 11) is 0. The first-order chi connectivity index (χ1) is 9.56. The molecule has 1 aliphatic rings. The Kier molecular flexibility index (Phi) is 5.81. The van der Waals surface area contributed by atoms with E-state index >= 15 is 0 Å². The number of rotatable bonds is 4. The van der Waals surface area contributed by atoms with Crippen LogP contribution in [0.25, 0.3) is 0 Å². The zero-order valence-electron chi connectivity index (χ0n) is 11.5. The molecule has 2 N–H and O–H groups in total. The lowest BCUT2D eigenvalue weighted by atomic mass is 9.85. The molecule has 6 heteroatoms. The highest BCUT2D eigenvalue weighted by molar-refractivity contribution is 9.10. The van der Waals surface area contributed by atoms with E-state index in [4.69, 9.17) is 11.6 Å². The Labute approximate surface area is 132 Å². The van der Waals surface area contributed by atoms with Crippen LogP contribution in [-0.2, 0) is 4.79 Å². The van der Waals surface area contributed by atoms with Gasteiger partial charge in [-0.15, -0.1) is 0 Å². The van der Waals surface area contributed by atoms with Crippen molar-refractivity contribution >= 4 is 39.1 Å². The summed E-state index contributed by atoms with van der Waals surface area (Å²) in [5.74, 6) is 0.996. The predicted molar refractivity (Wildman–Crippen MR) is 85.0 cm³/mol. The molecule has 1 aromatic heterocycles. The van der Waals surface area contributed by atoms with Crippen molar-refractivity contribution in [3.05, 3.63) is 21.9 Å². The number of halogens is 2. The first-order valence-electron chi connectivity index (χ1n) is 6.88. The minimum Gasteiger partial charge on any atom is -0.325 e. The Hall–Kier alpha value is -0.650. The Morgan fingerprint density at radius 1 is 1.70 bits per heavy atom. The van der Waals surface area contributed by atoms with Crippen molar-refractivity contribution in [3.63, 3.8) is 0 Å². The van der Waals surface area contributed by atoms with Crippen molar-refractivity contribution in [1.82, 2.24) is 10.3 Å². The summed E-state index contributed by atoms with van der Waals surface area (Å²) in [4.78, 5) is 16.0. The average molecular weight is 361 g/mol. The van der Waals surface area contributed by atoms with Gasteiger partial charge in [0.05, 0.1) is 16.4 Å². The van der Waals surface area contributed by atoms with Crippen molar-refractivity contribution in [2.75, 3.05) is 18.4 Å². The predicted octanol–water partition coefficient (Wildman–Crippen LogP) is 3.46. The lowest BCUT2D eigenvalue weighted by Gasteiger charge is -2.28. The number of hydrogen-bond donors (Lipinski definition) is 2. The van der Waals surface area contributed by atoms with Crippen LogP contribution in [0.3, 0.4) is 0 Å². The van der Waals surface area contributed by atoms with Gasteiger partial charge >= 0.3 is 0 Å². The van der Waals surface area contributed by atoms with E-state index in [1.54, 1.807) is 12.3 Å². The molecule has 0 saturated carbocycles. The summed E-state index contributed by atoms with van der Waals surface area (Å²) in [6, 6.07) is 1.76. The third-order valence-corrected chi connectivity index (χ3v) is 4.86. The molecule has 1 aromatic rings. The summed E-state index contributed by atoms with van der Waals surface area (Å²) in [5, 5.41) is 6.65. The van der Waals surface area contributed by atoms with Crippen LogP contribution in [-0.4, -0.2) is 24.0 Å². The molecule has 1 amide bonds. The molecule has 20 heavy (non-hydrogen) atoms. The molecular weight excluding hydrogens is 342 g/mol. The molecule has 1 aliphatic heterocycles. The Balaban J connectivity index is 1.86. The van der Waals surface area contributed by atoms with Crippen molar-refractivity contribution in [1.29, 1.82) is 0 Å². The second-order valence-electron chi connectivity index (χ2n) is 5.33. The molecule has 0 aliphatic carbocycles. The van der Waals surface area contributed by atoms with Gasteiger partial charge in [0.25, 0.3) is 0 Å². The highest BCUT2D eigenvalue weighted by Crippen LogP contribution is 2.25. The van der Waals surface area contributed by atoms with E-state index in [1.807, 2.05) is 0 Å². The fourth-order valence-corrected chi connectivity index (χ4v) is 2.98. The lowest BCUT2D eigenvalue weighted by molar-refractivity contribution is -0.117. The summed E-state index contributed by atoms with van der Waals surface area (Å²) >= 11 is 9.12. The van der Waals surface area contributed by atoms with E-state index in [0.29, 0.717) is 33.6 Å². The fraction of sp³-hybridized carbons (Fsp3) is 0.571. The number of anilines is 1. The molecule has 4 nitrogen and oxygen atoms in total. The largest absolute Gasteiger partial charge is 0.325 e. The number of nitrogens with one attached hydrogen (secondary N) is 2. The molecule has 0 radical (unpaired) electrons. The quantitative estimate of drug-likeness (QED) is 0.809. The molecule has 0 spiro atoms. The maximum absolute atomic E-state index is 12.1. The van der Waals surface area contributed by atoms with Gasteiger partial charge in [0.15, 0.2) is 0 Å². The number of pyridine rings is 1. The number of aromatic nitrogens is 1. The minimum atomic E-state index is 0.0269. The number of amides is 1. The van der Waals surface area contributed by atoms with Gasteiger partial charge in [0, 0.05) is 6.42 Å². The molecule has 2 atom stereocenters. The normalized spacial score (nSPS) is 20.4. The van der Waals surface area contributed by atoms with Crippen LogP contribution in [0.4, 0.5) is 5.69 Å². The molecule has 2 rings (SSSR count). The molecule has 110 valence electrons. The number of nitrogens with zero attached hydrogens (tertiary/aromatic N) is 1. The monoisotopic (exact) mass is 359 g/mol. The molecule has 2 unspecified atom stereocenters. The van der Waals surface area contributed by atoms with E-state index in [1.165, 1.54) is 12.8 Å². The van der Waals surface area contributed by atoms with Gasteiger partial charge < -0.3 is 10.6 Å². The number of piperidine rings is 1. The van der Waals surface area contributed by atoms with Gasteiger partial charge in [0.1, 0.15) is 5.15 Å². The highest BCUT2D eigenvalue weighted by Gasteiger charge is 2.22. The van der Waals surface area contributed by atoms with Crippen molar-refractivity contribution in [2.45, 2.75) is 26.2 Å². The third-order valence-electron chi connectivity index (χ3n) is 3.73.